The summed E-state index contributed by atoms with van der Waals surface area (Å²) in [5.41, 5.74) is 6.18. The van der Waals surface area contributed by atoms with Crippen LogP contribution in [0.15, 0.2) is 24.3 Å². The van der Waals surface area contributed by atoms with Crippen molar-refractivity contribution in [1.82, 2.24) is 0 Å². The first-order valence-electron chi connectivity index (χ1n) is 6.70. The van der Waals surface area contributed by atoms with Gasteiger partial charge in [-0.15, -0.1) is 0 Å². The van der Waals surface area contributed by atoms with Crippen molar-refractivity contribution >= 4 is 11.6 Å². The van der Waals surface area contributed by atoms with Gasteiger partial charge in [0.2, 0.25) is 0 Å². The van der Waals surface area contributed by atoms with Crippen LogP contribution in [0.5, 0.6) is 5.75 Å². The SMILES string of the molecule is CCCC(C)CC(N)C(C)Oc1cccc(Cl)c1. The van der Waals surface area contributed by atoms with E-state index in [1.54, 1.807) is 0 Å². The maximum absolute atomic E-state index is 6.18. The van der Waals surface area contributed by atoms with Crippen molar-refractivity contribution in [3.05, 3.63) is 29.3 Å². The third-order valence-electron chi connectivity index (χ3n) is 3.18. The van der Waals surface area contributed by atoms with Crippen molar-refractivity contribution in [2.75, 3.05) is 0 Å². The standard InChI is InChI=1S/C15H24ClNO/c1-4-6-11(2)9-15(17)12(3)18-14-8-5-7-13(16)10-14/h5,7-8,10-12,15H,4,6,9,17H2,1-3H3. The fourth-order valence-corrected chi connectivity index (χ4v) is 2.29. The molecule has 1 aromatic rings. The van der Waals surface area contributed by atoms with Crippen molar-refractivity contribution in [3.8, 4) is 5.75 Å². The minimum atomic E-state index is 0.00257. The number of hydrogen-bond acceptors (Lipinski definition) is 2. The summed E-state index contributed by atoms with van der Waals surface area (Å²) in [5.74, 6) is 1.43. The Bertz CT molecular complexity index is 356. The first-order chi connectivity index (χ1) is 8.52. The Balaban J connectivity index is 2.46. The van der Waals surface area contributed by atoms with Crippen molar-refractivity contribution in [1.29, 1.82) is 0 Å². The van der Waals surface area contributed by atoms with Gasteiger partial charge in [-0.05, 0) is 37.5 Å². The largest absolute Gasteiger partial charge is 0.489 e. The molecule has 0 saturated heterocycles. The molecule has 3 heteroatoms. The summed E-state index contributed by atoms with van der Waals surface area (Å²) in [5, 5.41) is 0.688. The summed E-state index contributed by atoms with van der Waals surface area (Å²) < 4.78 is 5.83. The molecule has 1 aromatic carbocycles. The van der Waals surface area contributed by atoms with Gasteiger partial charge in [-0.25, -0.2) is 0 Å². The summed E-state index contributed by atoms with van der Waals surface area (Å²) in [6.45, 7) is 6.47. The van der Waals surface area contributed by atoms with Crippen molar-refractivity contribution < 1.29 is 4.74 Å². The van der Waals surface area contributed by atoms with Gasteiger partial charge in [0.05, 0.1) is 0 Å². The van der Waals surface area contributed by atoms with Gasteiger partial charge in [0.25, 0.3) is 0 Å². The second-order valence-electron chi connectivity index (χ2n) is 5.07. The van der Waals surface area contributed by atoms with Gasteiger partial charge in [0, 0.05) is 11.1 Å². The fourth-order valence-electron chi connectivity index (χ4n) is 2.11. The predicted molar refractivity (Wildman–Crippen MR) is 78.2 cm³/mol. The van der Waals surface area contributed by atoms with E-state index in [1.807, 2.05) is 31.2 Å². The lowest BCUT2D eigenvalue weighted by Crippen LogP contribution is -2.38. The molecule has 0 amide bonds. The highest BCUT2D eigenvalue weighted by Gasteiger charge is 2.17. The maximum Gasteiger partial charge on any atom is 0.121 e. The summed E-state index contributed by atoms with van der Waals surface area (Å²) in [4.78, 5) is 0. The summed E-state index contributed by atoms with van der Waals surface area (Å²) in [6.07, 6.45) is 3.42. The van der Waals surface area contributed by atoms with E-state index < -0.39 is 0 Å². The lowest BCUT2D eigenvalue weighted by molar-refractivity contribution is 0.174. The Morgan fingerprint density at radius 2 is 2.06 bits per heavy atom. The van der Waals surface area contributed by atoms with Gasteiger partial charge in [-0.1, -0.05) is 44.4 Å². The van der Waals surface area contributed by atoms with E-state index in [-0.39, 0.29) is 12.1 Å². The van der Waals surface area contributed by atoms with Gasteiger partial charge in [0.1, 0.15) is 11.9 Å². The first kappa shape index (κ1) is 15.3. The van der Waals surface area contributed by atoms with Crippen LogP contribution in [0.4, 0.5) is 0 Å². The van der Waals surface area contributed by atoms with Gasteiger partial charge in [-0.3, -0.25) is 0 Å². The van der Waals surface area contributed by atoms with E-state index in [0.717, 1.165) is 12.2 Å². The molecule has 3 atom stereocenters. The van der Waals surface area contributed by atoms with Crippen LogP contribution in [0, 0.1) is 5.92 Å². The molecule has 0 heterocycles. The lowest BCUT2D eigenvalue weighted by atomic mass is 9.95. The van der Waals surface area contributed by atoms with Crippen molar-refractivity contribution in [2.24, 2.45) is 11.7 Å². The second kappa shape index (κ2) is 7.65. The highest BCUT2D eigenvalue weighted by atomic mass is 35.5. The van der Waals surface area contributed by atoms with E-state index in [4.69, 9.17) is 22.1 Å². The average Bonchev–Trinajstić information content (AvgIpc) is 2.29. The van der Waals surface area contributed by atoms with E-state index in [2.05, 4.69) is 13.8 Å². The second-order valence-corrected chi connectivity index (χ2v) is 5.51. The Morgan fingerprint density at radius 3 is 2.67 bits per heavy atom. The van der Waals surface area contributed by atoms with Crippen LogP contribution in [0.2, 0.25) is 5.02 Å². The molecular formula is C15H24ClNO. The van der Waals surface area contributed by atoms with Crippen LogP contribution in [0.25, 0.3) is 0 Å². The molecule has 2 nitrogen and oxygen atoms in total. The molecule has 0 fully saturated rings. The van der Waals surface area contributed by atoms with Gasteiger partial charge in [0.15, 0.2) is 0 Å². The molecular weight excluding hydrogens is 246 g/mol. The van der Waals surface area contributed by atoms with Crippen LogP contribution >= 0.6 is 11.6 Å². The van der Waals surface area contributed by atoms with Crippen molar-refractivity contribution in [3.63, 3.8) is 0 Å². The summed E-state index contributed by atoms with van der Waals surface area (Å²) in [7, 11) is 0. The van der Waals surface area contributed by atoms with Gasteiger partial charge >= 0.3 is 0 Å². The van der Waals surface area contributed by atoms with Gasteiger partial charge in [-0.2, -0.15) is 0 Å². The smallest absolute Gasteiger partial charge is 0.121 e. The Kier molecular flexibility index (Phi) is 6.51. The van der Waals surface area contributed by atoms with E-state index >= 15 is 0 Å². The van der Waals surface area contributed by atoms with Crippen molar-refractivity contribution in [2.45, 2.75) is 52.2 Å². The number of rotatable bonds is 7. The molecule has 0 aliphatic carbocycles. The maximum atomic E-state index is 6.18. The molecule has 0 aliphatic heterocycles. The first-order valence-corrected chi connectivity index (χ1v) is 7.08. The Morgan fingerprint density at radius 1 is 1.33 bits per heavy atom. The van der Waals surface area contributed by atoms with E-state index in [1.165, 1.54) is 12.8 Å². The zero-order valence-electron chi connectivity index (χ0n) is 11.5. The Hall–Kier alpha value is -0.730. The highest BCUT2D eigenvalue weighted by Crippen LogP contribution is 2.20. The van der Waals surface area contributed by atoms with Crippen LogP contribution in [0.3, 0.4) is 0 Å². The van der Waals surface area contributed by atoms with Crippen LogP contribution in [-0.4, -0.2) is 12.1 Å². The predicted octanol–water partition coefficient (Wildman–Crippen LogP) is 4.26. The number of ether oxygens (including phenoxy) is 1. The molecule has 102 valence electrons. The molecule has 18 heavy (non-hydrogen) atoms. The topological polar surface area (TPSA) is 35.2 Å². The monoisotopic (exact) mass is 269 g/mol. The minimum absolute atomic E-state index is 0.00257. The van der Waals surface area contributed by atoms with Crippen LogP contribution < -0.4 is 10.5 Å². The van der Waals surface area contributed by atoms with Crippen LogP contribution in [-0.2, 0) is 0 Å². The highest BCUT2D eigenvalue weighted by molar-refractivity contribution is 6.30. The molecule has 0 radical (unpaired) electrons. The van der Waals surface area contributed by atoms with E-state index in [9.17, 15) is 0 Å². The summed E-state index contributed by atoms with van der Waals surface area (Å²) in [6, 6.07) is 7.51. The molecule has 0 aliphatic rings. The summed E-state index contributed by atoms with van der Waals surface area (Å²) >= 11 is 5.92. The quantitative estimate of drug-likeness (QED) is 0.803. The van der Waals surface area contributed by atoms with E-state index in [0.29, 0.717) is 10.9 Å². The molecule has 0 spiro atoms. The number of halogens is 1. The minimum Gasteiger partial charge on any atom is -0.489 e. The third-order valence-corrected chi connectivity index (χ3v) is 3.41. The number of benzene rings is 1. The normalized spacial score (nSPS) is 16.1. The zero-order chi connectivity index (χ0) is 13.5. The lowest BCUT2D eigenvalue weighted by Gasteiger charge is -2.24. The fraction of sp³-hybridized carbons (Fsp3) is 0.600. The molecule has 0 saturated carbocycles. The molecule has 0 aromatic heterocycles. The third kappa shape index (κ3) is 5.28. The molecule has 2 N–H and O–H groups in total. The Labute approximate surface area is 115 Å². The number of nitrogens with two attached hydrogens (primary N) is 1. The van der Waals surface area contributed by atoms with Crippen LogP contribution in [0.1, 0.15) is 40.0 Å². The molecule has 0 bridgehead atoms. The number of hydrogen-bond donors (Lipinski definition) is 1. The molecule has 1 rings (SSSR count). The van der Waals surface area contributed by atoms with Gasteiger partial charge < -0.3 is 10.5 Å². The zero-order valence-corrected chi connectivity index (χ0v) is 12.3. The molecule has 3 unspecified atom stereocenters. The average molecular weight is 270 g/mol.